The van der Waals surface area contributed by atoms with Gasteiger partial charge in [-0.25, -0.2) is 9.69 Å². The number of hydrogen-bond donors (Lipinski definition) is 0. The lowest BCUT2D eigenvalue weighted by molar-refractivity contribution is 0.0810. The van der Waals surface area contributed by atoms with Gasteiger partial charge in [-0.2, -0.15) is 0 Å². The molecule has 2 aromatic rings. The number of carbonyl (C=O) groups is 2. The predicted molar refractivity (Wildman–Crippen MR) is 80.1 cm³/mol. The number of imide groups is 1. The molecule has 1 aliphatic heterocycles. The van der Waals surface area contributed by atoms with Crippen molar-refractivity contribution < 1.29 is 19.1 Å². The lowest BCUT2D eigenvalue weighted by Gasteiger charge is -2.11. The largest absolute Gasteiger partial charge is 0.457 e. The standard InChI is InChI=1S/C17H15NO4/c1-12-3-2-4-15(11-12)22-14-7-5-13(6-8-14)16(19)18-9-10-21-17(18)20/h2-8,11H,9-10H2,1H3. The van der Waals surface area contributed by atoms with E-state index in [9.17, 15) is 9.59 Å². The number of amides is 2. The molecule has 5 heteroatoms. The molecule has 1 aliphatic rings. The Morgan fingerprint density at radius 3 is 2.55 bits per heavy atom. The van der Waals surface area contributed by atoms with Crippen LogP contribution in [-0.2, 0) is 4.74 Å². The molecule has 0 saturated carbocycles. The molecule has 0 spiro atoms. The fourth-order valence-corrected chi connectivity index (χ4v) is 2.21. The van der Waals surface area contributed by atoms with Gasteiger partial charge in [0.1, 0.15) is 18.1 Å². The van der Waals surface area contributed by atoms with Crippen molar-refractivity contribution >= 4 is 12.0 Å². The van der Waals surface area contributed by atoms with Crippen LogP contribution in [0.3, 0.4) is 0 Å². The first-order valence-electron chi connectivity index (χ1n) is 6.97. The van der Waals surface area contributed by atoms with Crippen molar-refractivity contribution in [2.24, 2.45) is 0 Å². The summed E-state index contributed by atoms with van der Waals surface area (Å²) in [5.74, 6) is 1.01. The molecule has 0 radical (unpaired) electrons. The molecule has 22 heavy (non-hydrogen) atoms. The van der Waals surface area contributed by atoms with Crippen molar-refractivity contribution in [3.63, 3.8) is 0 Å². The second-order valence-corrected chi connectivity index (χ2v) is 5.01. The third-order valence-electron chi connectivity index (χ3n) is 3.33. The van der Waals surface area contributed by atoms with E-state index < -0.39 is 6.09 Å². The van der Waals surface area contributed by atoms with E-state index in [-0.39, 0.29) is 12.5 Å². The van der Waals surface area contributed by atoms with Crippen molar-refractivity contribution in [3.8, 4) is 11.5 Å². The zero-order chi connectivity index (χ0) is 15.5. The number of nitrogens with zero attached hydrogens (tertiary/aromatic N) is 1. The zero-order valence-corrected chi connectivity index (χ0v) is 12.1. The van der Waals surface area contributed by atoms with E-state index in [0.717, 1.165) is 16.2 Å². The molecule has 1 saturated heterocycles. The fraction of sp³-hybridized carbons (Fsp3) is 0.176. The van der Waals surface area contributed by atoms with Gasteiger partial charge in [-0.05, 0) is 48.9 Å². The van der Waals surface area contributed by atoms with Gasteiger partial charge in [0, 0.05) is 5.56 Å². The van der Waals surface area contributed by atoms with E-state index in [1.54, 1.807) is 24.3 Å². The molecule has 0 bridgehead atoms. The quantitative estimate of drug-likeness (QED) is 0.871. The van der Waals surface area contributed by atoms with Crippen molar-refractivity contribution in [1.82, 2.24) is 4.90 Å². The summed E-state index contributed by atoms with van der Waals surface area (Å²) >= 11 is 0. The molecule has 1 fully saturated rings. The first-order chi connectivity index (χ1) is 10.6. The lowest BCUT2D eigenvalue weighted by atomic mass is 10.2. The van der Waals surface area contributed by atoms with Gasteiger partial charge in [0.2, 0.25) is 0 Å². The Hall–Kier alpha value is -2.82. The van der Waals surface area contributed by atoms with Crippen LogP contribution in [0.25, 0.3) is 0 Å². The van der Waals surface area contributed by atoms with Gasteiger partial charge in [-0.3, -0.25) is 4.79 Å². The van der Waals surface area contributed by atoms with Crippen LogP contribution in [0.1, 0.15) is 15.9 Å². The van der Waals surface area contributed by atoms with E-state index in [4.69, 9.17) is 9.47 Å². The van der Waals surface area contributed by atoms with Crippen LogP contribution in [0, 0.1) is 6.92 Å². The highest BCUT2D eigenvalue weighted by Crippen LogP contribution is 2.23. The molecule has 1 heterocycles. The zero-order valence-electron chi connectivity index (χ0n) is 12.1. The summed E-state index contributed by atoms with van der Waals surface area (Å²) in [6.45, 7) is 2.53. The average Bonchev–Trinajstić information content (AvgIpc) is 2.93. The average molecular weight is 297 g/mol. The van der Waals surface area contributed by atoms with Crippen LogP contribution in [-0.4, -0.2) is 30.1 Å². The number of rotatable bonds is 3. The highest BCUT2D eigenvalue weighted by molar-refractivity contribution is 6.03. The van der Waals surface area contributed by atoms with Gasteiger partial charge in [0.15, 0.2) is 0 Å². The maximum atomic E-state index is 12.2. The summed E-state index contributed by atoms with van der Waals surface area (Å²) in [4.78, 5) is 24.6. The van der Waals surface area contributed by atoms with E-state index >= 15 is 0 Å². The number of benzene rings is 2. The van der Waals surface area contributed by atoms with Gasteiger partial charge in [0.05, 0.1) is 6.54 Å². The van der Waals surface area contributed by atoms with Crippen LogP contribution in [0.15, 0.2) is 48.5 Å². The monoisotopic (exact) mass is 297 g/mol. The van der Waals surface area contributed by atoms with Crippen LogP contribution in [0.2, 0.25) is 0 Å². The molecule has 3 rings (SSSR count). The Balaban J connectivity index is 1.72. The van der Waals surface area contributed by atoms with Crippen molar-refractivity contribution in [2.75, 3.05) is 13.2 Å². The maximum Gasteiger partial charge on any atom is 0.416 e. The highest BCUT2D eigenvalue weighted by atomic mass is 16.6. The first kappa shape index (κ1) is 14.1. The van der Waals surface area contributed by atoms with Crippen molar-refractivity contribution in [2.45, 2.75) is 6.92 Å². The summed E-state index contributed by atoms with van der Waals surface area (Å²) < 4.78 is 10.5. The third-order valence-corrected chi connectivity index (χ3v) is 3.33. The fourth-order valence-electron chi connectivity index (χ4n) is 2.21. The molecule has 2 amide bonds. The number of carbonyl (C=O) groups excluding carboxylic acids is 2. The lowest BCUT2D eigenvalue weighted by Crippen LogP contribution is -2.31. The number of ether oxygens (including phenoxy) is 2. The topological polar surface area (TPSA) is 55.8 Å². The summed E-state index contributed by atoms with van der Waals surface area (Å²) in [7, 11) is 0. The van der Waals surface area contributed by atoms with Gasteiger partial charge in [-0.15, -0.1) is 0 Å². The third kappa shape index (κ3) is 2.93. The minimum absolute atomic E-state index is 0.249. The minimum atomic E-state index is -0.593. The van der Waals surface area contributed by atoms with Crippen molar-refractivity contribution in [1.29, 1.82) is 0 Å². The number of aryl methyl sites for hydroxylation is 1. The molecule has 0 aliphatic carbocycles. The highest BCUT2D eigenvalue weighted by Gasteiger charge is 2.29. The molecule has 0 atom stereocenters. The van der Waals surface area contributed by atoms with Gasteiger partial charge >= 0.3 is 6.09 Å². The summed E-state index contributed by atoms with van der Waals surface area (Å²) in [5.41, 5.74) is 1.53. The Morgan fingerprint density at radius 2 is 1.91 bits per heavy atom. The summed E-state index contributed by atoms with van der Waals surface area (Å²) in [6.07, 6.45) is -0.593. The molecule has 0 N–H and O–H groups in total. The van der Waals surface area contributed by atoms with Gasteiger partial charge in [0.25, 0.3) is 5.91 Å². The second-order valence-electron chi connectivity index (χ2n) is 5.01. The van der Waals surface area contributed by atoms with Gasteiger partial charge < -0.3 is 9.47 Å². The molecule has 5 nitrogen and oxygen atoms in total. The van der Waals surface area contributed by atoms with E-state index in [0.29, 0.717) is 17.9 Å². The van der Waals surface area contributed by atoms with Crippen molar-refractivity contribution in [3.05, 3.63) is 59.7 Å². The first-order valence-corrected chi connectivity index (χ1v) is 6.97. The van der Waals surface area contributed by atoms with E-state index in [1.165, 1.54) is 0 Å². The Kier molecular flexibility index (Phi) is 3.78. The van der Waals surface area contributed by atoms with Crippen LogP contribution in [0.5, 0.6) is 11.5 Å². The Morgan fingerprint density at radius 1 is 1.14 bits per heavy atom. The number of hydrogen-bond acceptors (Lipinski definition) is 4. The van der Waals surface area contributed by atoms with Crippen LogP contribution in [0.4, 0.5) is 4.79 Å². The molecule has 0 aromatic heterocycles. The summed E-state index contributed by atoms with van der Waals surface area (Å²) in [6, 6.07) is 14.4. The van der Waals surface area contributed by atoms with E-state index in [1.807, 2.05) is 31.2 Å². The Bertz CT molecular complexity index is 709. The normalized spacial score (nSPS) is 13.9. The van der Waals surface area contributed by atoms with Crippen LogP contribution < -0.4 is 4.74 Å². The maximum absolute atomic E-state index is 12.2. The minimum Gasteiger partial charge on any atom is -0.457 e. The van der Waals surface area contributed by atoms with E-state index in [2.05, 4.69) is 0 Å². The molecule has 2 aromatic carbocycles. The SMILES string of the molecule is Cc1cccc(Oc2ccc(C(=O)N3CCOC3=O)cc2)c1. The molecule has 0 unspecified atom stereocenters. The predicted octanol–water partition coefficient (Wildman–Crippen LogP) is 3.38. The molecule has 112 valence electrons. The smallest absolute Gasteiger partial charge is 0.416 e. The number of cyclic esters (lactones) is 1. The second kappa shape index (κ2) is 5.89. The summed E-state index contributed by atoms with van der Waals surface area (Å²) in [5, 5.41) is 0. The Labute approximate surface area is 128 Å². The van der Waals surface area contributed by atoms with Crippen LogP contribution >= 0.6 is 0 Å². The molecular formula is C17H15NO4. The van der Waals surface area contributed by atoms with Gasteiger partial charge in [-0.1, -0.05) is 12.1 Å². The molecular weight excluding hydrogens is 282 g/mol.